The molecule has 0 saturated heterocycles. The Morgan fingerprint density at radius 2 is 2.28 bits per heavy atom. The first kappa shape index (κ1) is 12.5. The molecular weight excluding hydrogens is 228 g/mol. The van der Waals surface area contributed by atoms with Gasteiger partial charge in [0.2, 0.25) is 0 Å². The van der Waals surface area contributed by atoms with Crippen LogP contribution in [0.1, 0.15) is 24.7 Å². The standard InChI is InChI=1S/C14H18N2O2/c1-3-6-17-14-7-11(2)4-5-13(14)16-9-12-8-15-10-18-12/h4-5,7-8,10,16H,3,6,9H2,1-2H3. The molecule has 0 aliphatic rings. The molecule has 0 atom stereocenters. The van der Waals surface area contributed by atoms with Crippen molar-refractivity contribution in [2.75, 3.05) is 11.9 Å². The van der Waals surface area contributed by atoms with Gasteiger partial charge in [0, 0.05) is 0 Å². The Kier molecular flexibility index (Phi) is 4.23. The Hall–Kier alpha value is -1.97. The summed E-state index contributed by atoms with van der Waals surface area (Å²) in [5.74, 6) is 1.69. The van der Waals surface area contributed by atoms with Gasteiger partial charge in [0.05, 0.1) is 25.0 Å². The lowest BCUT2D eigenvalue weighted by Crippen LogP contribution is -2.03. The zero-order chi connectivity index (χ0) is 12.8. The zero-order valence-corrected chi connectivity index (χ0v) is 10.8. The topological polar surface area (TPSA) is 47.3 Å². The van der Waals surface area contributed by atoms with Gasteiger partial charge in [0.1, 0.15) is 11.5 Å². The number of nitrogens with zero attached hydrogens (tertiary/aromatic N) is 1. The highest BCUT2D eigenvalue weighted by Gasteiger charge is 2.05. The van der Waals surface area contributed by atoms with Crippen LogP contribution in [0.4, 0.5) is 5.69 Å². The predicted octanol–water partition coefficient (Wildman–Crippen LogP) is 3.38. The Morgan fingerprint density at radius 3 is 3.00 bits per heavy atom. The second kappa shape index (κ2) is 6.10. The third-order valence-corrected chi connectivity index (χ3v) is 2.54. The number of hydrogen-bond donors (Lipinski definition) is 1. The van der Waals surface area contributed by atoms with Gasteiger partial charge in [-0.1, -0.05) is 13.0 Å². The average Bonchev–Trinajstić information content (AvgIpc) is 2.88. The second-order valence-electron chi connectivity index (χ2n) is 4.17. The molecule has 1 aromatic heterocycles. The van der Waals surface area contributed by atoms with E-state index >= 15 is 0 Å². The third kappa shape index (κ3) is 3.26. The molecule has 0 aliphatic heterocycles. The number of benzene rings is 1. The highest BCUT2D eigenvalue weighted by atomic mass is 16.5. The summed E-state index contributed by atoms with van der Waals surface area (Å²) in [6.07, 6.45) is 4.13. The molecule has 18 heavy (non-hydrogen) atoms. The summed E-state index contributed by atoms with van der Waals surface area (Å²) < 4.78 is 10.9. The molecule has 0 spiro atoms. The van der Waals surface area contributed by atoms with Gasteiger partial charge in [-0.3, -0.25) is 0 Å². The lowest BCUT2D eigenvalue weighted by atomic mass is 10.2. The van der Waals surface area contributed by atoms with Crippen LogP contribution >= 0.6 is 0 Å². The SMILES string of the molecule is CCCOc1cc(C)ccc1NCc1cnco1. The summed E-state index contributed by atoms with van der Waals surface area (Å²) in [5, 5.41) is 3.29. The molecule has 0 saturated carbocycles. The first-order valence-electron chi connectivity index (χ1n) is 6.14. The van der Waals surface area contributed by atoms with Crippen LogP contribution in [0, 0.1) is 6.92 Å². The zero-order valence-electron chi connectivity index (χ0n) is 10.8. The van der Waals surface area contributed by atoms with E-state index in [9.17, 15) is 0 Å². The van der Waals surface area contributed by atoms with Crippen molar-refractivity contribution in [3.8, 4) is 5.75 Å². The second-order valence-corrected chi connectivity index (χ2v) is 4.17. The number of ether oxygens (including phenoxy) is 1. The number of hydrogen-bond acceptors (Lipinski definition) is 4. The fourth-order valence-electron chi connectivity index (χ4n) is 1.62. The van der Waals surface area contributed by atoms with E-state index < -0.39 is 0 Å². The van der Waals surface area contributed by atoms with Crippen LogP contribution in [0.3, 0.4) is 0 Å². The molecule has 4 nitrogen and oxygen atoms in total. The van der Waals surface area contributed by atoms with Crippen molar-refractivity contribution in [2.45, 2.75) is 26.8 Å². The van der Waals surface area contributed by atoms with Crippen molar-refractivity contribution in [1.82, 2.24) is 4.98 Å². The number of aryl methyl sites for hydroxylation is 1. The molecule has 96 valence electrons. The summed E-state index contributed by atoms with van der Waals surface area (Å²) in [5.41, 5.74) is 2.16. The lowest BCUT2D eigenvalue weighted by Gasteiger charge is -2.12. The molecule has 0 fully saturated rings. The average molecular weight is 246 g/mol. The van der Waals surface area contributed by atoms with Gasteiger partial charge in [-0.05, 0) is 31.0 Å². The quantitative estimate of drug-likeness (QED) is 0.848. The van der Waals surface area contributed by atoms with Gasteiger partial charge in [0.25, 0.3) is 0 Å². The van der Waals surface area contributed by atoms with E-state index in [0.29, 0.717) is 6.54 Å². The van der Waals surface area contributed by atoms with E-state index in [2.05, 4.69) is 30.2 Å². The maximum atomic E-state index is 5.73. The molecule has 0 unspecified atom stereocenters. The van der Waals surface area contributed by atoms with Gasteiger partial charge in [-0.15, -0.1) is 0 Å². The largest absolute Gasteiger partial charge is 0.491 e. The Morgan fingerprint density at radius 1 is 1.39 bits per heavy atom. The van der Waals surface area contributed by atoms with Crippen molar-refractivity contribution >= 4 is 5.69 Å². The molecule has 2 aromatic rings. The monoisotopic (exact) mass is 246 g/mol. The van der Waals surface area contributed by atoms with Crippen molar-refractivity contribution in [1.29, 1.82) is 0 Å². The van der Waals surface area contributed by atoms with Gasteiger partial charge in [0.15, 0.2) is 6.39 Å². The molecule has 4 heteroatoms. The fourth-order valence-corrected chi connectivity index (χ4v) is 1.62. The fraction of sp³-hybridized carbons (Fsp3) is 0.357. The van der Waals surface area contributed by atoms with E-state index in [1.807, 2.05) is 12.1 Å². The van der Waals surface area contributed by atoms with Gasteiger partial charge in [-0.2, -0.15) is 0 Å². The molecule has 0 aliphatic carbocycles. The van der Waals surface area contributed by atoms with E-state index in [4.69, 9.17) is 9.15 Å². The van der Waals surface area contributed by atoms with E-state index in [0.717, 1.165) is 30.2 Å². The van der Waals surface area contributed by atoms with Crippen molar-refractivity contribution in [3.63, 3.8) is 0 Å². The summed E-state index contributed by atoms with van der Waals surface area (Å²) in [6, 6.07) is 6.12. The Balaban J connectivity index is 2.05. The highest BCUT2D eigenvalue weighted by Crippen LogP contribution is 2.26. The van der Waals surface area contributed by atoms with E-state index in [1.165, 1.54) is 12.0 Å². The molecule has 1 heterocycles. The minimum Gasteiger partial charge on any atom is -0.491 e. The number of nitrogens with one attached hydrogen (secondary N) is 1. The summed E-state index contributed by atoms with van der Waals surface area (Å²) in [7, 11) is 0. The van der Waals surface area contributed by atoms with Gasteiger partial charge >= 0.3 is 0 Å². The predicted molar refractivity (Wildman–Crippen MR) is 70.8 cm³/mol. The molecule has 0 bridgehead atoms. The first-order chi connectivity index (χ1) is 8.79. The number of anilines is 1. The van der Waals surface area contributed by atoms with Gasteiger partial charge in [-0.25, -0.2) is 4.98 Å². The smallest absolute Gasteiger partial charge is 0.180 e. The third-order valence-electron chi connectivity index (χ3n) is 2.54. The molecule has 1 N–H and O–H groups in total. The van der Waals surface area contributed by atoms with E-state index in [-0.39, 0.29) is 0 Å². The van der Waals surface area contributed by atoms with Crippen molar-refractivity contribution < 1.29 is 9.15 Å². The minimum absolute atomic E-state index is 0.603. The van der Waals surface area contributed by atoms with Crippen LogP contribution in [-0.2, 0) is 6.54 Å². The highest BCUT2D eigenvalue weighted by molar-refractivity contribution is 5.57. The van der Waals surface area contributed by atoms with Crippen LogP contribution in [0.2, 0.25) is 0 Å². The van der Waals surface area contributed by atoms with Crippen LogP contribution < -0.4 is 10.1 Å². The summed E-state index contributed by atoms with van der Waals surface area (Å²) >= 11 is 0. The molecular formula is C14H18N2O2. The number of rotatable bonds is 6. The molecule has 0 radical (unpaired) electrons. The van der Waals surface area contributed by atoms with Crippen LogP contribution in [0.25, 0.3) is 0 Å². The van der Waals surface area contributed by atoms with Crippen LogP contribution in [-0.4, -0.2) is 11.6 Å². The van der Waals surface area contributed by atoms with Crippen molar-refractivity contribution in [2.24, 2.45) is 0 Å². The molecule has 2 rings (SSSR count). The van der Waals surface area contributed by atoms with Crippen molar-refractivity contribution in [3.05, 3.63) is 42.1 Å². The maximum absolute atomic E-state index is 5.73. The normalized spacial score (nSPS) is 10.3. The summed E-state index contributed by atoms with van der Waals surface area (Å²) in [6.45, 7) is 5.47. The van der Waals surface area contributed by atoms with Gasteiger partial charge < -0.3 is 14.5 Å². The van der Waals surface area contributed by atoms with E-state index in [1.54, 1.807) is 6.20 Å². The lowest BCUT2D eigenvalue weighted by molar-refractivity contribution is 0.318. The van der Waals surface area contributed by atoms with Crippen LogP contribution in [0.5, 0.6) is 5.75 Å². The van der Waals surface area contributed by atoms with Crippen LogP contribution in [0.15, 0.2) is 35.2 Å². The molecule has 0 amide bonds. The summed E-state index contributed by atoms with van der Waals surface area (Å²) in [4.78, 5) is 3.88. The minimum atomic E-state index is 0.603. The maximum Gasteiger partial charge on any atom is 0.180 e. The first-order valence-corrected chi connectivity index (χ1v) is 6.14. The Labute approximate surface area is 107 Å². The Bertz CT molecular complexity index is 481. The molecule has 1 aromatic carbocycles. The number of aromatic nitrogens is 1. The number of oxazole rings is 1.